The summed E-state index contributed by atoms with van der Waals surface area (Å²) < 4.78 is 44.4. The van der Waals surface area contributed by atoms with E-state index in [4.69, 9.17) is 9.84 Å². The van der Waals surface area contributed by atoms with Crippen molar-refractivity contribution in [1.82, 2.24) is 5.32 Å². The first-order valence-electron chi connectivity index (χ1n) is 7.03. The Morgan fingerprint density at radius 2 is 1.87 bits per heavy atom. The third kappa shape index (κ3) is 3.57. The summed E-state index contributed by atoms with van der Waals surface area (Å²) in [6.45, 7) is -0.155. The lowest BCUT2D eigenvalue weighted by atomic mass is 9.63. The van der Waals surface area contributed by atoms with E-state index in [1.807, 2.05) is 5.32 Å². The van der Waals surface area contributed by atoms with Gasteiger partial charge >= 0.3 is 18.2 Å². The highest BCUT2D eigenvalue weighted by Gasteiger charge is 2.65. The van der Waals surface area contributed by atoms with Crippen molar-refractivity contribution in [2.75, 3.05) is 0 Å². The number of ether oxygens (including phenoxy) is 1. The summed E-state index contributed by atoms with van der Waals surface area (Å²) in [6.07, 6.45) is -6.28. The zero-order chi connectivity index (χ0) is 17.1. The molecular formula is C15H16F3NO4. The van der Waals surface area contributed by atoms with Crippen LogP contribution in [0.5, 0.6) is 0 Å². The lowest BCUT2D eigenvalue weighted by molar-refractivity contribution is -0.261. The molecule has 8 heteroatoms. The molecule has 1 aliphatic carbocycles. The number of carbonyl (C=O) groups excluding carboxylic acids is 1. The zero-order valence-corrected chi connectivity index (χ0v) is 12.1. The zero-order valence-electron chi connectivity index (χ0n) is 12.1. The Hall–Kier alpha value is -2.25. The SMILES string of the molecule is O=C(NC(C(=O)O)C1(C(F)(F)F)CCC1)OCc1ccccc1. The van der Waals surface area contributed by atoms with Gasteiger partial charge in [0, 0.05) is 0 Å². The molecule has 1 saturated carbocycles. The molecule has 0 spiro atoms. The molecule has 1 fully saturated rings. The fraction of sp³-hybridized carbons (Fsp3) is 0.467. The van der Waals surface area contributed by atoms with Crippen LogP contribution in [-0.4, -0.2) is 29.4 Å². The number of alkyl carbamates (subject to hydrolysis) is 1. The van der Waals surface area contributed by atoms with E-state index in [1.54, 1.807) is 30.3 Å². The number of rotatable bonds is 5. The summed E-state index contributed by atoms with van der Waals surface area (Å²) in [6, 6.07) is 6.47. The summed E-state index contributed by atoms with van der Waals surface area (Å²) >= 11 is 0. The van der Waals surface area contributed by atoms with Gasteiger partial charge in [-0.3, -0.25) is 0 Å². The van der Waals surface area contributed by atoms with Crippen LogP contribution in [0.3, 0.4) is 0 Å². The molecule has 0 aromatic heterocycles. The molecule has 0 aliphatic heterocycles. The van der Waals surface area contributed by atoms with Crippen molar-refractivity contribution >= 4 is 12.1 Å². The Bertz CT molecular complexity index is 570. The molecule has 0 heterocycles. The fourth-order valence-electron chi connectivity index (χ4n) is 2.61. The molecule has 1 amide bonds. The van der Waals surface area contributed by atoms with Crippen LogP contribution in [0.2, 0.25) is 0 Å². The largest absolute Gasteiger partial charge is 0.480 e. The van der Waals surface area contributed by atoms with Crippen LogP contribution >= 0.6 is 0 Å². The third-order valence-corrected chi connectivity index (χ3v) is 4.08. The van der Waals surface area contributed by atoms with Crippen LogP contribution < -0.4 is 5.32 Å². The van der Waals surface area contributed by atoms with E-state index in [1.165, 1.54) is 0 Å². The van der Waals surface area contributed by atoms with Crippen LogP contribution in [0.15, 0.2) is 30.3 Å². The average Bonchev–Trinajstić information content (AvgIpc) is 2.42. The second-order valence-electron chi connectivity index (χ2n) is 5.48. The van der Waals surface area contributed by atoms with Crippen LogP contribution in [0, 0.1) is 5.41 Å². The molecule has 1 aliphatic rings. The quantitative estimate of drug-likeness (QED) is 0.869. The average molecular weight is 331 g/mol. The molecule has 0 bridgehead atoms. The predicted octanol–water partition coefficient (Wildman–Crippen LogP) is 3.10. The van der Waals surface area contributed by atoms with Gasteiger partial charge in [0.25, 0.3) is 0 Å². The number of hydrogen-bond donors (Lipinski definition) is 2. The van der Waals surface area contributed by atoms with Crippen LogP contribution in [0.25, 0.3) is 0 Å². The molecule has 23 heavy (non-hydrogen) atoms. The van der Waals surface area contributed by atoms with Crippen molar-refractivity contribution < 1.29 is 32.6 Å². The van der Waals surface area contributed by atoms with E-state index in [-0.39, 0.29) is 25.9 Å². The monoisotopic (exact) mass is 331 g/mol. The van der Waals surface area contributed by atoms with E-state index in [9.17, 15) is 22.8 Å². The van der Waals surface area contributed by atoms with Crippen molar-refractivity contribution in [2.45, 2.75) is 38.1 Å². The topological polar surface area (TPSA) is 75.6 Å². The van der Waals surface area contributed by atoms with Gasteiger partial charge < -0.3 is 15.2 Å². The van der Waals surface area contributed by atoms with E-state index in [0.717, 1.165) is 0 Å². The lowest BCUT2D eigenvalue weighted by Gasteiger charge is -2.46. The second kappa shape index (κ2) is 6.47. The first-order chi connectivity index (χ1) is 10.8. The molecule has 0 radical (unpaired) electrons. The van der Waals surface area contributed by atoms with Gasteiger partial charge in [-0.05, 0) is 18.4 Å². The Kier molecular flexibility index (Phi) is 4.82. The van der Waals surface area contributed by atoms with Crippen LogP contribution in [0.4, 0.5) is 18.0 Å². The fourth-order valence-corrected chi connectivity index (χ4v) is 2.61. The minimum absolute atomic E-state index is 0.155. The minimum atomic E-state index is -4.71. The maximum Gasteiger partial charge on any atom is 0.408 e. The highest BCUT2D eigenvalue weighted by Crippen LogP contribution is 2.55. The maximum absolute atomic E-state index is 13.2. The Balaban J connectivity index is 2.02. The molecule has 126 valence electrons. The standard InChI is InChI=1S/C15H16F3NO4/c16-15(17,18)14(7-4-8-14)11(12(20)21)19-13(22)23-9-10-5-2-1-3-6-10/h1-3,5-6,11H,4,7-9H2,(H,19,22)(H,20,21). The number of amides is 1. The van der Waals surface area contributed by atoms with Crippen molar-refractivity contribution in [1.29, 1.82) is 0 Å². The number of carboxylic acids is 1. The van der Waals surface area contributed by atoms with Gasteiger partial charge in [0.1, 0.15) is 12.6 Å². The van der Waals surface area contributed by atoms with Crippen LogP contribution in [0.1, 0.15) is 24.8 Å². The number of carboxylic acid groups (broad SMARTS) is 1. The van der Waals surface area contributed by atoms with Gasteiger partial charge in [-0.2, -0.15) is 13.2 Å². The highest BCUT2D eigenvalue weighted by atomic mass is 19.4. The van der Waals surface area contributed by atoms with E-state index < -0.39 is 29.7 Å². The second-order valence-corrected chi connectivity index (χ2v) is 5.48. The third-order valence-electron chi connectivity index (χ3n) is 4.08. The van der Waals surface area contributed by atoms with E-state index in [2.05, 4.69) is 0 Å². The summed E-state index contributed by atoms with van der Waals surface area (Å²) in [4.78, 5) is 22.9. The summed E-state index contributed by atoms with van der Waals surface area (Å²) in [7, 11) is 0. The highest BCUT2D eigenvalue weighted by molar-refractivity contribution is 5.81. The van der Waals surface area contributed by atoms with Gasteiger partial charge in [-0.1, -0.05) is 36.8 Å². The number of nitrogens with one attached hydrogen (secondary N) is 1. The number of carbonyl (C=O) groups is 2. The number of benzene rings is 1. The van der Waals surface area contributed by atoms with Crippen molar-refractivity contribution in [3.05, 3.63) is 35.9 Å². The number of aliphatic carboxylic acids is 1. The van der Waals surface area contributed by atoms with Gasteiger partial charge in [0.2, 0.25) is 0 Å². The van der Waals surface area contributed by atoms with Gasteiger partial charge in [0.15, 0.2) is 0 Å². The molecule has 0 saturated heterocycles. The Labute approximate surface area is 130 Å². The van der Waals surface area contributed by atoms with Crippen molar-refractivity contribution in [3.63, 3.8) is 0 Å². The molecule has 2 N–H and O–H groups in total. The van der Waals surface area contributed by atoms with Crippen molar-refractivity contribution in [2.24, 2.45) is 5.41 Å². The van der Waals surface area contributed by atoms with E-state index >= 15 is 0 Å². The number of alkyl halides is 3. The summed E-state index contributed by atoms with van der Waals surface area (Å²) in [5.74, 6) is -1.72. The van der Waals surface area contributed by atoms with Gasteiger partial charge in [-0.15, -0.1) is 0 Å². The number of hydrogen-bond acceptors (Lipinski definition) is 3. The Morgan fingerprint density at radius 3 is 2.30 bits per heavy atom. The van der Waals surface area contributed by atoms with Gasteiger partial charge in [-0.25, -0.2) is 9.59 Å². The molecule has 1 aromatic carbocycles. The molecule has 2 rings (SSSR count). The molecule has 5 nitrogen and oxygen atoms in total. The lowest BCUT2D eigenvalue weighted by Crippen LogP contribution is -2.62. The maximum atomic E-state index is 13.2. The van der Waals surface area contributed by atoms with Crippen LogP contribution in [-0.2, 0) is 16.1 Å². The number of halogens is 3. The van der Waals surface area contributed by atoms with Gasteiger partial charge in [0.05, 0.1) is 5.41 Å². The molecule has 1 aromatic rings. The summed E-state index contributed by atoms with van der Waals surface area (Å²) in [5.41, 5.74) is -1.78. The first kappa shape index (κ1) is 17.1. The smallest absolute Gasteiger partial charge is 0.408 e. The normalized spacial score (nSPS) is 17.7. The molecule has 1 atom stereocenters. The predicted molar refractivity (Wildman–Crippen MR) is 73.5 cm³/mol. The Morgan fingerprint density at radius 1 is 1.26 bits per heavy atom. The summed E-state index contributed by atoms with van der Waals surface area (Å²) in [5, 5.41) is 11.0. The molecular weight excluding hydrogens is 315 g/mol. The first-order valence-corrected chi connectivity index (χ1v) is 7.03. The van der Waals surface area contributed by atoms with Crippen molar-refractivity contribution in [3.8, 4) is 0 Å². The minimum Gasteiger partial charge on any atom is -0.480 e. The van der Waals surface area contributed by atoms with E-state index in [0.29, 0.717) is 5.56 Å². The molecule has 1 unspecified atom stereocenters.